The lowest BCUT2D eigenvalue weighted by Crippen LogP contribution is -2.30. The highest BCUT2D eigenvalue weighted by Gasteiger charge is 2.27. The summed E-state index contributed by atoms with van der Waals surface area (Å²) in [5.74, 6) is 3.54. The minimum atomic E-state index is 0.0113. The number of thioether (sulfide) groups is 2. The molecular weight excluding hydrogens is 296 g/mol. The van der Waals surface area contributed by atoms with Gasteiger partial charge in [-0.05, 0) is 15.9 Å². The van der Waals surface area contributed by atoms with Gasteiger partial charge in [0.1, 0.15) is 0 Å². The predicted octanol–water partition coefficient (Wildman–Crippen LogP) is 1.43. The van der Waals surface area contributed by atoms with E-state index in [1.54, 1.807) is 4.68 Å². The lowest BCUT2D eigenvalue weighted by molar-refractivity contribution is 0.606. The van der Waals surface area contributed by atoms with Crippen molar-refractivity contribution in [3.8, 4) is 0 Å². The molecule has 1 saturated heterocycles. The van der Waals surface area contributed by atoms with Crippen LogP contribution in [0.25, 0.3) is 0 Å². The van der Waals surface area contributed by atoms with E-state index in [0.717, 1.165) is 16.0 Å². The normalized spacial score (nSPS) is 24.1. The average Bonchev–Trinajstić information content (AvgIpc) is 2.59. The third kappa shape index (κ3) is 2.51. The van der Waals surface area contributed by atoms with Gasteiger partial charge in [-0.3, -0.25) is 0 Å². The van der Waals surface area contributed by atoms with E-state index < -0.39 is 0 Å². The molecule has 0 aromatic carbocycles. The summed E-state index contributed by atoms with van der Waals surface area (Å²) in [6.45, 7) is 0. The standard InChI is InChI=1S/C8H13BrN4S2/c1-13-7(8(9)11-12-13)6(10)5-4-14-2-3-15-5/h5-6H,2-4,10H2,1H3. The Kier molecular flexibility index (Phi) is 3.98. The molecule has 2 rings (SSSR count). The summed E-state index contributed by atoms with van der Waals surface area (Å²) in [6.07, 6.45) is 0. The highest BCUT2D eigenvalue weighted by atomic mass is 79.9. The molecule has 0 aliphatic carbocycles. The molecule has 0 radical (unpaired) electrons. The molecule has 0 amide bonds. The van der Waals surface area contributed by atoms with Gasteiger partial charge in [0.05, 0.1) is 11.7 Å². The summed E-state index contributed by atoms with van der Waals surface area (Å²) in [5, 5.41) is 8.39. The first-order valence-corrected chi connectivity index (χ1v) is 7.70. The number of hydrogen-bond acceptors (Lipinski definition) is 5. The number of rotatable bonds is 2. The minimum absolute atomic E-state index is 0.0113. The molecule has 1 aromatic heterocycles. The van der Waals surface area contributed by atoms with E-state index in [0.29, 0.717) is 5.25 Å². The summed E-state index contributed by atoms with van der Waals surface area (Å²) in [4.78, 5) is 0. The van der Waals surface area contributed by atoms with Gasteiger partial charge in [0.2, 0.25) is 0 Å². The molecule has 84 valence electrons. The van der Waals surface area contributed by atoms with Gasteiger partial charge >= 0.3 is 0 Å². The Labute approximate surface area is 106 Å². The van der Waals surface area contributed by atoms with Crippen LogP contribution in [-0.4, -0.2) is 37.5 Å². The molecule has 0 saturated carbocycles. The minimum Gasteiger partial charge on any atom is -0.322 e. The molecule has 1 aromatic rings. The van der Waals surface area contributed by atoms with Crippen LogP contribution in [0.3, 0.4) is 0 Å². The number of nitrogens with zero attached hydrogens (tertiary/aromatic N) is 3. The van der Waals surface area contributed by atoms with Gasteiger partial charge in [-0.1, -0.05) is 5.21 Å². The van der Waals surface area contributed by atoms with Gasteiger partial charge in [-0.2, -0.15) is 23.5 Å². The summed E-state index contributed by atoms with van der Waals surface area (Å²) in [5.41, 5.74) is 7.25. The molecule has 0 spiro atoms. The summed E-state index contributed by atoms with van der Waals surface area (Å²) in [6, 6.07) is 0.0113. The zero-order valence-electron chi connectivity index (χ0n) is 8.39. The zero-order valence-corrected chi connectivity index (χ0v) is 11.6. The van der Waals surface area contributed by atoms with Crippen molar-refractivity contribution in [1.82, 2.24) is 15.0 Å². The van der Waals surface area contributed by atoms with Crippen molar-refractivity contribution in [3.63, 3.8) is 0 Å². The number of aromatic nitrogens is 3. The average molecular weight is 309 g/mol. The maximum Gasteiger partial charge on any atom is 0.153 e. The van der Waals surface area contributed by atoms with Crippen molar-refractivity contribution >= 4 is 39.5 Å². The van der Waals surface area contributed by atoms with Crippen LogP contribution in [0.5, 0.6) is 0 Å². The van der Waals surface area contributed by atoms with E-state index >= 15 is 0 Å². The van der Waals surface area contributed by atoms with Gasteiger partial charge < -0.3 is 5.73 Å². The third-order valence-electron chi connectivity index (χ3n) is 2.38. The maximum atomic E-state index is 6.25. The van der Waals surface area contributed by atoms with Gasteiger partial charge in [0.15, 0.2) is 4.60 Å². The Balaban J connectivity index is 2.15. The fourth-order valence-electron chi connectivity index (χ4n) is 1.58. The molecule has 0 bridgehead atoms. The van der Waals surface area contributed by atoms with Gasteiger partial charge in [0.25, 0.3) is 0 Å². The van der Waals surface area contributed by atoms with Crippen LogP contribution in [0.4, 0.5) is 0 Å². The molecule has 2 heterocycles. The van der Waals surface area contributed by atoms with Crippen LogP contribution >= 0.6 is 39.5 Å². The summed E-state index contributed by atoms with van der Waals surface area (Å²) in [7, 11) is 1.88. The van der Waals surface area contributed by atoms with Gasteiger partial charge in [0, 0.05) is 29.6 Å². The molecule has 1 aliphatic heterocycles. The van der Waals surface area contributed by atoms with Crippen LogP contribution in [-0.2, 0) is 7.05 Å². The van der Waals surface area contributed by atoms with E-state index in [1.807, 2.05) is 30.6 Å². The fourth-order valence-corrected chi connectivity index (χ4v) is 4.95. The Bertz CT molecular complexity index is 318. The second kappa shape index (κ2) is 5.07. The van der Waals surface area contributed by atoms with Crippen molar-refractivity contribution in [2.75, 3.05) is 17.3 Å². The smallest absolute Gasteiger partial charge is 0.153 e. The molecular formula is C8H13BrN4S2. The highest BCUT2D eigenvalue weighted by molar-refractivity contribution is 9.10. The molecule has 1 aliphatic rings. The Hall–Kier alpha value is 0.280. The first-order chi connectivity index (χ1) is 7.20. The zero-order chi connectivity index (χ0) is 10.8. The second-order valence-corrected chi connectivity index (χ2v) is 6.65. The fraction of sp³-hybridized carbons (Fsp3) is 0.750. The molecule has 2 unspecified atom stereocenters. The Morgan fingerprint density at radius 1 is 1.60 bits per heavy atom. The van der Waals surface area contributed by atoms with Crippen LogP contribution in [0, 0.1) is 0 Å². The maximum absolute atomic E-state index is 6.25. The van der Waals surface area contributed by atoms with E-state index in [2.05, 4.69) is 26.2 Å². The highest BCUT2D eigenvalue weighted by Crippen LogP contribution is 2.33. The monoisotopic (exact) mass is 308 g/mol. The van der Waals surface area contributed by atoms with Crippen molar-refractivity contribution in [2.24, 2.45) is 12.8 Å². The summed E-state index contributed by atoms with van der Waals surface area (Å²) >= 11 is 7.32. The van der Waals surface area contributed by atoms with Gasteiger partial charge in [-0.25, -0.2) is 4.68 Å². The largest absolute Gasteiger partial charge is 0.322 e. The van der Waals surface area contributed by atoms with Crippen molar-refractivity contribution < 1.29 is 0 Å². The molecule has 4 nitrogen and oxygen atoms in total. The first-order valence-electron chi connectivity index (χ1n) is 4.70. The molecule has 15 heavy (non-hydrogen) atoms. The van der Waals surface area contributed by atoms with Crippen LogP contribution in [0.15, 0.2) is 4.60 Å². The molecule has 2 atom stereocenters. The van der Waals surface area contributed by atoms with Gasteiger partial charge in [-0.15, -0.1) is 5.10 Å². The lowest BCUT2D eigenvalue weighted by Gasteiger charge is -2.26. The van der Waals surface area contributed by atoms with Crippen molar-refractivity contribution in [1.29, 1.82) is 0 Å². The van der Waals surface area contributed by atoms with Crippen LogP contribution < -0.4 is 5.73 Å². The third-order valence-corrected chi connectivity index (χ3v) is 5.83. The SMILES string of the molecule is Cn1nnc(Br)c1C(N)C1CSCCS1. The van der Waals surface area contributed by atoms with Crippen LogP contribution in [0.1, 0.15) is 11.7 Å². The number of aryl methyl sites for hydroxylation is 1. The quantitative estimate of drug-likeness (QED) is 0.895. The second-order valence-electron chi connectivity index (χ2n) is 3.40. The van der Waals surface area contributed by atoms with Crippen LogP contribution in [0.2, 0.25) is 0 Å². The Morgan fingerprint density at radius 2 is 2.40 bits per heavy atom. The van der Waals surface area contributed by atoms with E-state index in [-0.39, 0.29) is 6.04 Å². The number of hydrogen-bond donors (Lipinski definition) is 1. The van der Waals surface area contributed by atoms with Crippen molar-refractivity contribution in [2.45, 2.75) is 11.3 Å². The topological polar surface area (TPSA) is 56.7 Å². The van der Waals surface area contributed by atoms with E-state index in [4.69, 9.17) is 5.73 Å². The van der Waals surface area contributed by atoms with Crippen molar-refractivity contribution in [3.05, 3.63) is 10.3 Å². The number of nitrogens with two attached hydrogens (primary N) is 1. The Morgan fingerprint density at radius 3 is 2.93 bits per heavy atom. The van der Waals surface area contributed by atoms with E-state index in [9.17, 15) is 0 Å². The van der Waals surface area contributed by atoms with E-state index in [1.165, 1.54) is 11.5 Å². The molecule has 2 N–H and O–H groups in total. The lowest BCUT2D eigenvalue weighted by atomic mass is 10.2. The first kappa shape index (κ1) is 11.8. The molecule has 1 fully saturated rings. The summed E-state index contributed by atoms with van der Waals surface area (Å²) < 4.78 is 2.53. The predicted molar refractivity (Wildman–Crippen MR) is 69.2 cm³/mol. The molecule has 7 heteroatoms. The number of halogens is 1.